The number of carbonyl (C=O) groups excluding carboxylic acids is 5. The molecule has 320 valence electrons. The minimum Gasteiger partial charge on any atom is -0.507 e. The predicted octanol–water partition coefficient (Wildman–Crippen LogP) is 5.96. The van der Waals surface area contributed by atoms with Gasteiger partial charge in [-0.3, -0.25) is 29.6 Å². The summed E-state index contributed by atoms with van der Waals surface area (Å²) in [6, 6.07) is 3.37. The van der Waals surface area contributed by atoms with Crippen molar-refractivity contribution in [3.8, 4) is 5.75 Å². The number of ether oxygens (including phenoxy) is 2. The van der Waals surface area contributed by atoms with Crippen molar-refractivity contribution in [2.45, 2.75) is 166 Å². The highest BCUT2D eigenvalue weighted by atomic mass is 16.5. The molecule has 1 fully saturated rings. The molecule has 0 unspecified atom stereocenters. The van der Waals surface area contributed by atoms with Crippen LogP contribution in [0.3, 0.4) is 0 Å². The minimum absolute atomic E-state index is 0.0218. The van der Waals surface area contributed by atoms with Crippen molar-refractivity contribution in [3.05, 3.63) is 29.8 Å². The lowest BCUT2D eigenvalue weighted by atomic mass is 9.96. The van der Waals surface area contributed by atoms with Gasteiger partial charge in [0.25, 0.3) is 5.91 Å². The summed E-state index contributed by atoms with van der Waals surface area (Å²) < 4.78 is 11.7. The zero-order chi connectivity index (χ0) is 41.4. The molecule has 0 aromatic heterocycles. The summed E-state index contributed by atoms with van der Waals surface area (Å²) in [5, 5.41) is 36.5. The number of nitrogens with zero attached hydrogens (tertiary/aromatic N) is 3. The van der Waals surface area contributed by atoms with Gasteiger partial charge in [0.1, 0.15) is 30.5 Å². The number of nitrogens with one attached hydrogen (secondary N) is 2. The topological polar surface area (TPSA) is 207 Å². The third kappa shape index (κ3) is 17.0. The monoisotopic (exact) mass is 801 g/mol. The van der Waals surface area contributed by atoms with Crippen LogP contribution in [-0.2, 0) is 33.4 Å². The van der Waals surface area contributed by atoms with Gasteiger partial charge >= 0.3 is 5.97 Å². The number of hydrogen-bond acceptors (Lipinski definition) is 11. The van der Waals surface area contributed by atoms with E-state index in [1.165, 1.54) is 57.4 Å². The van der Waals surface area contributed by atoms with Crippen LogP contribution in [0.4, 0.5) is 0 Å². The van der Waals surface area contributed by atoms with Crippen molar-refractivity contribution in [2.75, 3.05) is 19.7 Å². The maximum atomic E-state index is 13.9. The molecule has 15 nitrogen and oxygen atoms in total. The van der Waals surface area contributed by atoms with Crippen LogP contribution in [0, 0.1) is 5.92 Å². The smallest absolute Gasteiger partial charge is 0.328 e. The molecule has 4 amide bonds. The van der Waals surface area contributed by atoms with Crippen molar-refractivity contribution in [1.29, 1.82) is 0 Å². The van der Waals surface area contributed by atoms with Crippen LogP contribution in [0.2, 0.25) is 0 Å². The second-order valence-electron chi connectivity index (χ2n) is 15.4. The number of phenols is 1. The summed E-state index contributed by atoms with van der Waals surface area (Å²) >= 11 is 0. The summed E-state index contributed by atoms with van der Waals surface area (Å²) in [6.07, 6.45) is 17.3. The molecule has 5 N–H and O–H groups in total. The largest absolute Gasteiger partial charge is 0.507 e. The first-order valence-electron chi connectivity index (χ1n) is 21.3. The lowest BCUT2D eigenvalue weighted by Crippen LogP contribution is -2.51. The van der Waals surface area contributed by atoms with Gasteiger partial charge in [-0.1, -0.05) is 103 Å². The summed E-state index contributed by atoms with van der Waals surface area (Å²) in [6.45, 7) is 3.97. The van der Waals surface area contributed by atoms with Crippen LogP contribution >= 0.6 is 0 Å². The maximum Gasteiger partial charge on any atom is 0.328 e. The molecule has 1 aromatic carbocycles. The molecule has 3 rings (SSSR count). The van der Waals surface area contributed by atoms with Crippen LogP contribution in [0.25, 0.3) is 0 Å². The summed E-state index contributed by atoms with van der Waals surface area (Å²) in [7, 11) is 0. The fraction of sp³-hybridized carbons (Fsp3) is 0.714. The highest BCUT2D eigenvalue weighted by molar-refractivity contribution is 6.00. The van der Waals surface area contributed by atoms with Gasteiger partial charge in [0, 0.05) is 13.1 Å². The van der Waals surface area contributed by atoms with E-state index in [0.717, 1.165) is 25.7 Å². The highest BCUT2D eigenvalue weighted by Gasteiger charge is 2.36. The average Bonchev–Trinajstić information content (AvgIpc) is 3.65. The van der Waals surface area contributed by atoms with Crippen molar-refractivity contribution < 1.29 is 49.0 Å². The molecule has 0 spiro atoms. The quantitative estimate of drug-likeness (QED) is 0.0221. The van der Waals surface area contributed by atoms with Crippen molar-refractivity contribution in [2.24, 2.45) is 10.9 Å². The third-order valence-electron chi connectivity index (χ3n) is 10.8. The first-order chi connectivity index (χ1) is 27.5. The number of benzene rings is 1. The fourth-order valence-corrected chi connectivity index (χ4v) is 7.14. The molecule has 2 heterocycles. The van der Waals surface area contributed by atoms with Crippen LogP contribution in [-0.4, -0.2) is 106 Å². The van der Waals surface area contributed by atoms with Crippen molar-refractivity contribution >= 4 is 36.0 Å². The normalized spacial score (nSPS) is 18.4. The molecule has 0 radical (unpaired) electrons. The average molecular weight is 802 g/mol. The molecule has 0 bridgehead atoms. The van der Waals surface area contributed by atoms with E-state index in [4.69, 9.17) is 9.47 Å². The Morgan fingerprint density at radius 2 is 1.60 bits per heavy atom. The van der Waals surface area contributed by atoms with Gasteiger partial charge in [0.05, 0.1) is 11.5 Å². The number of aliphatic imine (C=N–C) groups is 1. The standard InChI is InChI=1S/C42H67N5O10/c1-3-4-5-6-7-8-9-10-11-12-13-14-15-26-37(31(2)38(50)43-33-23-19-21-28-47(55)41(33)52)57-42(53)34(24-18-20-27-46(54)30-48)44-39(51)35-29-56-40(45-35)32-22-16-17-25-36(32)49/h16-17,22,25,30-31,33-35,37,49,54-55H,3-15,18-21,23-24,26-29H2,1-2H3,(H,43,50)(H,44,51)/t31-,33+,34+,35-,37-/m1/s1. The van der Waals surface area contributed by atoms with E-state index in [-0.39, 0.29) is 44.2 Å². The number of hydroxylamine groups is 4. The number of hydrogen-bond donors (Lipinski definition) is 5. The Hall–Kier alpha value is -4.24. The summed E-state index contributed by atoms with van der Waals surface area (Å²) in [4.78, 5) is 68.9. The van der Waals surface area contributed by atoms with E-state index in [1.54, 1.807) is 25.1 Å². The van der Waals surface area contributed by atoms with E-state index in [2.05, 4.69) is 22.5 Å². The van der Waals surface area contributed by atoms with E-state index in [1.807, 2.05) is 0 Å². The number of para-hydroxylation sites is 1. The maximum absolute atomic E-state index is 13.9. The Kier molecular flexibility index (Phi) is 22.0. The van der Waals surface area contributed by atoms with Crippen LogP contribution < -0.4 is 10.6 Å². The summed E-state index contributed by atoms with van der Waals surface area (Å²) in [5.74, 6) is -3.23. The Labute approximate surface area is 337 Å². The molecule has 15 heteroatoms. The molecule has 5 atom stereocenters. The lowest BCUT2D eigenvalue weighted by Gasteiger charge is -2.28. The molecule has 2 aliphatic rings. The first-order valence-corrected chi connectivity index (χ1v) is 21.3. The minimum atomic E-state index is -1.15. The van der Waals surface area contributed by atoms with Crippen LogP contribution in [0.5, 0.6) is 5.75 Å². The molecule has 2 aliphatic heterocycles. The molecule has 0 saturated carbocycles. The number of rotatable bonds is 28. The van der Waals surface area contributed by atoms with Gasteiger partial charge in [-0.05, 0) is 63.5 Å². The number of aromatic hydroxyl groups is 1. The number of amides is 4. The van der Waals surface area contributed by atoms with Gasteiger partial charge in [-0.25, -0.2) is 19.9 Å². The van der Waals surface area contributed by atoms with E-state index < -0.39 is 53.8 Å². The summed E-state index contributed by atoms with van der Waals surface area (Å²) in [5.41, 5.74) is 0.327. The molecular formula is C42H67N5O10. The molecular weight excluding hydrogens is 734 g/mol. The van der Waals surface area contributed by atoms with Crippen LogP contribution in [0.1, 0.15) is 148 Å². The van der Waals surface area contributed by atoms with Crippen molar-refractivity contribution in [3.63, 3.8) is 0 Å². The van der Waals surface area contributed by atoms with Gasteiger partial charge in [-0.15, -0.1) is 0 Å². The van der Waals surface area contributed by atoms with Gasteiger partial charge in [0.2, 0.25) is 24.1 Å². The van der Waals surface area contributed by atoms with E-state index >= 15 is 0 Å². The second-order valence-corrected chi connectivity index (χ2v) is 15.4. The zero-order valence-corrected chi connectivity index (χ0v) is 34.1. The lowest BCUT2D eigenvalue weighted by molar-refractivity contribution is -0.167. The van der Waals surface area contributed by atoms with Crippen LogP contribution in [0.15, 0.2) is 29.3 Å². The molecule has 1 aromatic rings. The van der Waals surface area contributed by atoms with Gasteiger partial charge in [0.15, 0.2) is 6.04 Å². The first kappa shape index (κ1) is 47.1. The van der Waals surface area contributed by atoms with E-state index in [9.17, 15) is 39.5 Å². The Morgan fingerprint density at radius 1 is 0.965 bits per heavy atom. The molecule has 1 saturated heterocycles. The number of carbonyl (C=O) groups is 5. The van der Waals surface area contributed by atoms with E-state index in [0.29, 0.717) is 60.6 Å². The third-order valence-corrected chi connectivity index (χ3v) is 10.8. The fourth-order valence-electron chi connectivity index (χ4n) is 7.14. The highest BCUT2D eigenvalue weighted by Crippen LogP contribution is 2.23. The zero-order valence-electron chi connectivity index (χ0n) is 34.1. The van der Waals surface area contributed by atoms with Crippen molar-refractivity contribution in [1.82, 2.24) is 20.8 Å². The number of unbranched alkanes of at least 4 members (excludes halogenated alkanes) is 13. The SMILES string of the molecule is CCCCCCCCCCCCCCC[C@@H](OC(=O)[C@H](CCCCN(O)C=O)NC(=O)[C@H]1COC(c2ccccc2O)=N1)[C@@H](C)C(=O)N[C@H]1CCCCN(O)C1=O. The number of phenolic OH excluding ortho intramolecular Hbond substituents is 1. The molecule has 57 heavy (non-hydrogen) atoms. The predicted molar refractivity (Wildman–Crippen MR) is 213 cm³/mol. The number of esters is 1. The van der Waals surface area contributed by atoms with Gasteiger partial charge in [-0.2, -0.15) is 0 Å². The second kappa shape index (κ2) is 26.6. The Bertz CT molecular complexity index is 1430. The van der Waals surface area contributed by atoms with Gasteiger partial charge < -0.3 is 25.2 Å². The molecule has 0 aliphatic carbocycles. The Balaban J connectivity index is 1.66. The Morgan fingerprint density at radius 3 is 2.25 bits per heavy atom.